The second-order valence-electron chi connectivity index (χ2n) is 4.83. The maximum atomic E-state index is 5.68. The van der Waals surface area contributed by atoms with Gasteiger partial charge >= 0.3 is 0 Å². The van der Waals surface area contributed by atoms with Crippen LogP contribution in [-0.4, -0.2) is 9.97 Å². The van der Waals surface area contributed by atoms with Crippen LogP contribution in [0.3, 0.4) is 0 Å². The van der Waals surface area contributed by atoms with Crippen molar-refractivity contribution in [3.8, 4) is 11.3 Å². The summed E-state index contributed by atoms with van der Waals surface area (Å²) in [5, 5.41) is 0. The highest BCUT2D eigenvalue weighted by atomic mass is 15.0. The smallest absolute Gasteiger partial charge is 0.222 e. The molecule has 0 saturated carbocycles. The maximum Gasteiger partial charge on any atom is 0.222 e. The molecule has 2 rings (SSSR count). The van der Waals surface area contributed by atoms with Crippen molar-refractivity contribution in [3.63, 3.8) is 0 Å². The number of nitrogens with two attached hydrogens (primary N) is 2. The summed E-state index contributed by atoms with van der Waals surface area (Å²) in [6.07, 6.45) is 1.05. The van der Waals surface area contributed by atoms with E-state index in [1.54, 1.807) is 6.07 Å². The van der Waals surface area contributed by atoms with E-state index in [0.717, 1.165) is 17.7 Å². The van der Waals surface area contributed by atoms with Crippen molar-refractivity contribution in [2.24, 2.45) is 5.92 Å². The SMILES string of the molecule is CC(C)Cc1cccc(-c2cc(N)nc(N)n2)c1. The van der Waals surface area contributed by atoms with E-state index >= 15 is 0 Å². The Hall–Kier alpha value is -2.10. The summed E-state index contributed by atoms with van der Waals surface area (Å²) in [6, 6.07) is 10.0. The van der Waals surface area contributed by atoms with Gasteiger partial charge in [-0.2, -0.15) is 4.98 Å². The molecule has 4 N–H and O–H groups in total. The van der Waals surface area contributed by atoms with Crippen LogP contribution in [0, 0.1) is 5.92 Å². The number of aromatic nitrogens is 2. The summed E-state index contributed by atoms with van der Waals surface area (Å²) in [5.41, 5.74) is 14.4. The Morgan fingerprint density at radius 3 is 2.56 bits per heavy atom. The molecule has 0 saturated heterocycles. The molecule has 0 amide bonds. The fraction of sp³-hybridized carbons (Fsp3) is 0.286. The Kier molecular flexibility index (Phi) is 3.46. The summed E-state index contributed by atoms with van der Waals surface area (Å²) >= 11 is 0. The summed E-state index contributed by atoms with van der Waals surface area (Å²) in [5.74, 6) is 1.23. The first-order valence-electron chi connectivity index (χ1n) is 6.04. The lowest BCUT2D eigenvalue weighted by Crippen LogP contribution is -2.01. The number of hydrogen-bond acceptors (Lipinski definition) is 4. The molecule has 0 aliphatic rings. The average Bonchev–Trinajstić information content (AvgIpc) is 2.27. The van der Waals surface area contributed by atoms with Crippen LogP contribution in [-0.2, 0) is 6.42 Å². The molecule has 4 heteroatoms. The highest BCUT2D eigenvalue weighted by Gasteiger charge is 2.05. The van der Waals surface area contributed by atoms with Gasteiger partial charge in [0.25, 0.3) is 0 Å². The van der Waals surface area contributed by atoms with Crippen LogP contribution in [0.15, 0.2) is 30.3 Å². The number of nitrogens with zero attached hydrogens (tertiary/aromatic N) is 2. The molecule has 18 heavy (non-hydrogen) atoms. The zero-order valence-electron chi connectivity index (χ0n) is 10.7. The van der Waals surface area contributed by atoms with Gasteiger partial charge in [0.2, 0.25) is 5.95 Å². The highest BCUT2D eigenvalue weighted by molar-refractivity contribution is 5.64. The second-order valence-corrected chi connectivity index (χ2v) is 4.83. The third-order valence-corrected chi connectivity index (χ3v) is 2.63. The summed E-state index contributed by atoms with van der Waals surface area (Å²) in [6.45, 7) is 4.40. The van der Waals surface area contributed by atoms with Crippen LogP contribution in [0.25, 0.3) is 11.3 Å². The molecule has 0 aliphatic carbocycles. The lowest BCUT2D eigenvalue weighted by molar-refractivity contribution is 0.647. The summed E-state index contributed by atoms with van der Waals surface area (Å²) < 4.78 is 0. The zero-order chi connectivity index (χ0) is 13.1. The van der Waals surface area contributed by atoms with Crippen molar-refractivity contribution in [1.82, 2.24) is 9.97 Å². The molecular formula is C14H18N4. The first-order valence-corrected chi connectivity index (χ1v) is 6.04. The van der Waals surface area contributed by atoms with E-state index in [2.05, 4.69) is 35.9 Å². The van der Waals surface area contributed by atoms with E-state index in [-0.39, 0.29) is 5.95 Å². The van der Waals surface area contributed by atoms with Crippen LogP contribution < -0.4 is 11.5 Å². The van der Waals surface area contributed by atoms with Crippen molar-refractivity contribution in [1.29, 1.82) is 0 Å². The van der Waals surface area contributed by atoms with Crippen molar-refractivity contribution < 1.29 is 0 Å². The molecule has 0 atom stereocenters. The monoisotopic (exact) mass is 242 g/mol. The molecule has 0 unspecified atom stereocenters. The first-order chi connectivity index (χ1) is 8.54. The Bertz CT molecular complexity index is 529. The molecule has 2 aromatic rings. The van der Waals surface area contributed by atoms with Gasteiger partial charge in [-0.15, -0.1) is 0 Å². The van der Waals surface area contributed by atoms with E-state index in [9.17, 15) is 0 Å². The topological polar surface area (TPSA) is 77.8 Å². The van der Waals surface area contributed by atoms with Gasteiger partial charge in [-0.25, -0.2) is 4.98 Å². The Morgan fingerprint density at radius 1 is 1.11 bits per heavy atom. The predicted molar refractivity (Wildman–Crippen MR) is 74.8 cm³/mol. The fourth-order valence-electron chi connectivity index (χ4n) is 1.96. The third kappa shape index (κ3) is 2.97. The van der Waals surface area contributed by atoms with E-state index in [1.807, 2.05) is 12.1 Å². The van der Waals surface area contributed by atoms with Gasteiger partial charge in [-0.05, 0) is 24.0 Å². The van der Waals surface area contributed by atoms with Crippen molar-refractivity contribution >= 4 is 11.8 Å². The fourth-order valence-corrected chi connectivity index (χ4v) is 1.96. The van der Waals surface area contributed by atoms with Gasteiger partial charge in [-0.3, -0.25) is 0 Å². The van der Waals surface area contributed by atoms with Gasteiger partial charge < -0.3 is 11.5 Å². The molecule has 1 aromatic heterocycles. The lowest BCUT2D eigenvalue weighted by Gasteiger charge is -2.08. The highest BCUT2D eigenvalue weighted by Crippen LogP contribution is 2.21. The molecule has 4 nitrogen and oxygen atoms in total. The van der Waals surface area contributed by atoms with Crippen LogP contribution in [0.1, 0.15) is 19.4 Å². The molecule has 0 bridgehead atoms. The van der Waals surface area contributed by atoms with E-state index in [0.29, 0.717) is 11.7 Å². The molecule has 0 fully saturated rings. The molecule has 1 aromatic carbocycles. The Labute approximate surface area is 107 Å². The van der Waals surface area contributed by atoms with Gasteiger partial charge in [0.1, 0.15) is 5.82 Å². The zero-order valence-corrected chi connectivity index (χ0v) is 10.7. The van der Waals surface area contributed by atoms with Crippen LogP contribution in [0.4, 0.5) is 11.8 Å². The standard InChI is InChI=1S/C14H18N4/c1-9(2)6-10-4-3-5-11(7-10)12-8-13(15)18-14(16)17-12/h3-5,7-9H,6H2,1-2H3,(H4,15,16,17,18). The van der Waals surface area contributed by atoms with Crippen LogP contribution >= 0.6 is 0 Å². The number of benzene rings is 1. The van der Waals surface area contributed by atoms with Gasteiger partial charge in [0.15, 0.2) is 0 Å². The maximum absolute atomic E-state index is 5.68. The number of rotatable bonds is 3. The number of hydrogen-bond donors (Lipinski definition) is 2. The molecule has 0 radical (unpaired) electrons. The number of nitrogen functional groups attached to an aromatic ring is 2. The van der Waals surface area contributed by atoms with Gasteiger partial charge in [0.05, 0.1) is 5.69 Å². The molecule has 0 aliphatic heterocycles. The van der Waals surface area contributed by atoms with Crippen LogP contribution in [0.5, 0.6) is 0 Å². The molecule has 0 spiro atoms. The van der Waals surface area contributed by atoms with Crippen LogP contribution in [0.2, 0.25) is 0 Å². The van der Waals surface area contributed by atoms with E-state index in [1.165, 1.54) is 5.56 Å². The second kappa shape index (κ2) is 5.04. The van der Waals surface area contributed by atoms with E-state index < -0.39 is 0 Å². The summed E-state index contributed by atoms with van der Waals surface area (Å²) in [4.78, 5) is 8.09. The van der Waals surface area contributed by atoms with E-state index in [4.69, 9.17) is 11.5 Å². The molecular weight excluding hydrogens is 224 g/mol. The van der Waals surface area contributed by atoms with Gasteiger partial charge in [0, 0.05) is 11.6 Å². The molecule has 94 valence electrons. The minimum Gasteiger partial charge on any atom is -0.384 e. The Morgan fingerprint density at radius 2 is 1.89 bits per heavy atom. The third-order valence-electron chi connectivity index (χ3n) is 2.63. The Balaban J connectivity index is 2.38. The quantitative estimate of drug-likeness (QED) is 0.866. The van der Waals surface area contributed by atoms with Gasteiger partial charge in [-0.1, -0.05) is 32.0 Å². The number of anilines is 2. The molecule has 1 heterocycles. The first kappa shape index (κ1) is 12.4. The summed E-state index contributed by atoms with van der Waals surface area (Å²) in [7, 11) is 0. The minimum atomic E-state index is 0.208. The lowest BCUT2D eigenvalue weighted by atomic mass is 10.00. The average molecular weight is 242 g/mol. The minimum absolute atomic E-state index is 0.208. The van der Waals surface area contributed by atoms with Crippen molar-refractivity contribution in [2.45, 2.75) is 20.3 Å². The van der Waals surface area contributed by atoms with Crippen molar-refractivity contribution in [3.05, 3.63) is 35.9 Å². The largest absolute Gasteiger partial charge is 0.384 e. The normalized spacial score (nSPS) is 10.8. The van der Waals surface area contributed by atoms with Crippen molar-refractivity contribution in [2.75, 3.05) is 11.5 Å². The predicted octanol–water partition coefficient (Wildman–Crippen LogP) is 2.51.